The van der Waals surface area contributed by atoms with Gasteiger partial charge in [-0.2, -0.15) is 0 Å². The summed E-state index contributed by atoms with van der Waals surface area (Å²) in [5.74, 6) is -0.0612. The summed E-state index contributed by atoms with van der Waals surface area (Å²) in [6.45, 7) is 2.10. The van der Waals surface area contributed by atoms with Gasteiger partial charge in [0.05, 0.1) is 0 Å². The fourth-order valence-electron chi connectivity index (χ4n) is 4.27. The van der Waals surface area contributed by atoms with Gasteiger partial charge in [-0.3, -0.25) is 4.79 Å². The maximum Gasteiger partial charge on any atom is 0.407 e. The van der Waals surface area contributed by atoms with E-state index in [1.165, 1.54) is 11.0 Å². The number of hydrogen-bond donors (Lipinski definition) is 1. The van der Waals surface area contributed by atoms with Crippen molar-refractivity contribution in [2.45, 2.75) is 38.2 Å². The van der Waals surface area contributed by atoms with Gasteiger partial charge in [0.25, 0.3) is 0 Å². The van der Waals surface area contributed by atoms with Gasteiger partial charge in [0, 0.05) is 61.0 Å². The number of pyridine rings is 1. The number of likely N-dealkylation sites (tertiary alicyclic amines) is 1. The molecule has 4 rings (SSSR count). The average Bonchev–Trinajstić information content (AvgIpc) is 2.83. The Bertz CT molecular complexity index is 969. The smallest absolute Gasteiger partial charge is 0.407 e. The summed E-state index contributed by atoms with van der Waals surface area (Å²) in [7, 11) is 0. The topological polar surface area (TPSA) is 89.0 Å². The van der Waals surface area contributed by atoms with E-state index < -0.39 is 11.9 Å². The summed E-state index contributed by atoms with van der Waals surface area (Å²) in [6, 6.07) is 10.00. The summed E-state index contributed by atoms with van der Waals surface area (Å²) in [5.41, 5.74) is 1.59. The van der Waals surface area contributed by atoms with Crippen LogP contribution < -0.4 is 4.74 Å². The highest BCUT2D eigenvalue weighted by Gasteiger charge is 2.25. The van der Waals surface area contributed by atoms with Gasteiger partial charge in [-0.05, 0) is 37.8 Å². The molecule has 1 amide bonds. The number of carbonyl (C=O) groups is 2. The minimum Gasteiger partial charge on any atom is -0.473 e. The number of amides is 1. The molecular formula is C24H27FN2O5. The van der Waals surface area contributed by atoms with Crippen LogP contribution in [-0.4, -0.2) is 53.2 Å². The van der Waals surface area contributed by atoms with E-state index in [-0.39, 0.29) is 24.2 Å². The fraction of sp³-hybridized carbons (Fsp3) is 0.458. The third-order valence-corrected chi connectivity index (χ3v) is 6.23. The number of ether oxygens (including phenoxy) is 2. The lowest BCUT2D eigenvalue weighted by atomic mass is 9.90. The average molecular weight is 442 g/mol. The Hall–Kier alpha value is -3.00. The molecule has 0 aliphatic carbocycles. The molecule has 0 unspecified atom stereocenters. The quantitative estimate of drug-likeness (QED) is 0.673. The van der Waals surface area contributed by atoms with Crippen LogP contribution in [0.15, 0.2) is 36.4 Å². The summed E-state index contributed by atoms with van der Waals surface area (Å²) in [4.78, 5) is 29.6. The molecular weight excluding hydrogens is 415 g/mol. The Morgan fingerprint density at radius 2 is 1.88 bits per heavy atom. The molecule has 1 N–H and O–H groups in total. The molecule has 2 aromatic rings. The maximum absolute atomic E-state index is 14.6. The number of piperidine rings is 1. The molecule has 32 heavy (non-hydrogen) atoms. The number of carbonyl (C=O) groups excluding carboxylic acids is 1. The van der Waals surface area contributed by atoms with Crippen LogP contribution in [0.4, 0.5) is 9.18 Å². The summed E-state index contributed by atoms with van der Waals surface area (Å²) in [6.07, 6.45) is 1.86. The van der Waals surface area contributed by atoms with E-state index in [1.54, 1.807) is 18.2 Å². The number of rotatable bonds is 6. The van der Waals surface area contributed by atoms with Gasteiger partial charge in [-0.25, -0.2) is 14.2 Å². The monoisotopic (exact) mass is 442 g/mol. The van der Waals surface area contributed by atoms with Crippen molar-refractivity contribution >= 4 is 11.9 Å². The Labute approximate surface area is 186 Å². The molecule has 0 spiro atoms. The second-order valence-corrected chi connectivity index (χ2v) is 8.29. The van der Waals surface area contributed by atoms with Crippen LogP contribution in [0.2, 0.25) is 0 Å². The van der Waals surface area contributed by atoms with Gasteiger partial charge in [-0.15, -0.1) is 0 Å². The first kappa shape index (κ1) is 22.2. The van der Waals surface area contributed by atoms with Gasteiger partial charge >= 0.3 is 6.09 Å². The third kappa shape index (κ3) is 5.24. The van der Waals surface area contributed by atoms with Gasteiger partial charge in [-0.1, -0.05) is 18.2 Å². The standard InChI is InChI=1S/C24H27FN2O5/c25-20-14-18(23(28)17-8-12-31-13-9-17)4-5-19(20)15-32-22-3-1-2-21(26-22)16-6-10-27(11-7-16)24(29)30/h1-5,14,16-17H,6-13,15H2,(H,29,30). The minimum absolute atomic E-state index is 0.00544. The molecule has 1 aromatic heterocycles. The number of carboxylic acid groups (broad SMARTS) is 1. The summed E-state index contributed by atoms with van der Waals surface area (Å²) >= 11 is 0. The summed E-state index contributed by atoms with van der Waals surface area (Å²) in [5, 5.41) is 9.09. The molecule has 170 valence electrons. The van der Waals surface area contributed by atoms with Crippen LogP contribution in [0, 0.1) is 11.7 Å². The molecule has 0 atom stereocenters. The molecule has 3 heterocycles. The number of halogens is 1. The Kier molecular flexibility index (Phi) is 6.99. The Morgan fingerprint density at radius 1 is 1.12 bits per heavy atom. The molecule has 0 saturated carbocycles. The van der Waals surface area contributed by atoms with Crippen LogP contribution in [0.1, 0.15) is 53.2 Å². The molecule has 2 fully saturated rings. The van der Waals surface area contributed by atoms with E-state index in [0.29, 0.717) is 69.0 Å². The minimum atomic E-state index is -0.893. The van der Waals surface area contributed by atoms with Crippen LogP contribution in [0.3, 0.4) is 0 Å². The SMILES string of the molecule is O=C(c1ccc(COc2cccc(C3CCN(C(=O)O)CC3)n2)c(F)c1)C1CCOCC1. The molecule has 2 saturated heterocycles. The molecule has 0 bridgehead atoms. The highest BCUT2D eigenvalue weighted by molar-refractivity contribution is 5.97. The van der Waals surface area contributed by atoms with E-state index in [9.17, 15) is 14.0 Å². The lowest BCUT2D eigenvalue weighted by molar-refractivity contribution is 0.0544. The first-order chi connectivity index (χ1) is 15.5. The zero-order valence-corrected chi connectivity index (χ0v) is 17.8. The van der Waals surface area contributed by atoms with Gasteiger partial charge < -0.3 is 19.5 Å². The lowest BCUT2D eigenvalue weighted by Gasteiger charge is -2.29. The molecule has 1 aromatic carbocycles. The second kappa shape index (κ2) is 10.1. The Balaban J connectivity index is 1.36. The number of aromatic nitrogens is 1. The third-order valence-electron chi connectivity index (χ3n) is 6.23. The lowest BCUT2D eigenvalue weighted by Crippen LogP contribution is -2.36. The predicted molar refractivity (Wildman–Crippen MR) is 114 cm³/mol. The van der Waals surface area contributed by atoms with Crippen molar-refractivity contribution in [1.82, 2.24) is 9.88 Å². The Morgan fingerprint density at radius 3 is 2.56 bits per heavy atom. The number of hydrogen-bond acceptors (Lipinski definition) is 5. The molecule has 0 radical (unpaired) electrons. The van der Waals surface area contributed by atoms with Gasteiger partial charge in [0.1, 0.15) is 12.4 Å². The van der Waals surface area contributed by atoms with Gasteiger partial charge in [0.2, 0.25) is 5.88 Å². The first-order valence-corrected chi connectivity index (χ1v) is 11.0. The number of nitrogens with zero attached hydrogens (tertiary/aromatic N) is 2. The first-order valence-electron chi connectivity index (χ1n) is 11.0. The maximum atomic E-state index is 14.6. The predicted octanol–water partition coefficient (Wildman–Crippen LogP) is 4.27. The number of Topliss-reactive ketones (excluding diaryl/α,β-unsaturated/α-hetero) is 1. The zero-order chi connectivity index (χ0) is 22.5. The molecule has 2 aliphatic heterocycles. The number of ketones is 1. The largest absolute Gasteiger partial charge is 0.473 e. The fourth-order valence-corrected chi connectivity index (χ4v) is 4.27. The van der Waals surface area contributed by atoms with Crippen LogP contribution in [-0.2, 0) is 11.3 Å². The van der Waals surface area contributed by atoms with Crippen molar-refractivity contribution in [1.29, 1.82) is 0 Å². The highest BCUT2D eigenvalue weighted by atomic mass is 19.1. The van der Waals surface area contributed by atoms with Crippen molar-refractivity contribution in [3.8, 4) is 5.88 Å². The van der Waals surface area contributed by atoms with Gasteiger partial charge in [0.15, 0.2) is 5.78 Å². The van der Waals surface area contributed by atoms with Crippen molar-refractivity contribution in [3.63, 3.8) is 0 Å². The van der Waals surface area contributed by atoms with E-state index in [0.717, 1.165) is 5.69 Å². The zero-order valence-electron chi connectivity index (χ0n) is 17.8. The van der Waals surface area contributed by atoms with E-state index >= 15 is 0 Å². The van der Waals surface area contributed by atoms with Crippen molar-refractivity contribution in [3.05, 3.63) is 59.0 Å². The normalized spacial score (nSPS) is 17.8. The van der Waals surface area contributed by atoms with Crippen LogP contribution in [0.5, 0.6) is 5.88 Å². The molecule has 7 nitrogen and oxygen atoms in total. The summed E-state index contributed by atoms with van der Waals surface area (Å²) < 4.78 is 25.6. The highest BCUT2D eigenvalue weighted by Crippen LogP contribution is 2.28. The van der Waals surface area contributed by atoms with Crippen LogP contribution in [0.25, 0.3) is 0 Å². The van der Waals surface area contributed by atoms with Crippen molar-refractivity contribution < 1.29 is 28.6 Å². The van der Waals surface area contributed by atoms with E-state index in [2.05, 4.69) is 4.98 Å². The van der Waals surface area contributed by atoms with Crippen LogP contribution >= 0.6 is 0 Å². The molecule has 2 aliphatic rings. The molecule has 8 heteroatoms. The van der Waals surface area contributed by atoms with Crippen molar-refractivity contribution in [2.75, 3.05) is 26.3 Å². The van der Waals surface area contributed by atoms with E-state index in [4.69, 9.17) is 14.6 Å². The second-order valence-electron chi connectivity index (χ2n) is 8.29. The number of benzene rings is 1. The van der Waals surface area contributed by atoms with Crippen molar-refractivity contribution in [2.24, 2.45) is 5.92 Å². The van der Waals surface area contributed by atoms with E-state index in [1.807, 2.05) is 12.1 Å².